The molecule has 0 saturated heterocycles. The van der Waals surface area contributed by atoms with Gasteiger partial charge in [0.2, 0.25) is 0 Å². The maximum Gasteiger partial charge on any atom is 0.185 e. The standard InChI is InChI=1S/C19H31N3S2/c1-5-6-7-8-9-11-22(12-10-16-13-23-15-20-16)18-21-17(14-24-18)19(2,3)4/h13-15H,5-12H2,1-4H3. The van der Waals surface area contributed by atoms with Crippen molar-refractivity contribution in [3.63, 3.8) is 0 Å². The summed E-state index contributed by atoms with van der Waals surface area (Å²) in [5.74, 6) is 0. The first kappa shape index (κ1) is 19.4. The number of hydrogen-bond acceptors (Lipinski definition) is 5. The van der Waals surface area contributed by atoms with E-state index in [0.29, 0.717) is 0 Å². The van der Waals surface area contributed by atoms with E-state index in [1.165, 1.54) is 48.6 Å². The van der Waals surface area contributed by atoms with Crippen LogP contribution in [0.5, 0.6) is 0 Å². The summed E-state index contributed by atoms with van der Waals surface area (Å²) >= 11 is 3.47. The monoisotopic (exact) mass is 365 g/mol. The van der Waals surface area contributed by atoms with E-state index in [1.807, 2.05) is 5.51 Å². The van der Waals surface area contributed by atoms with Crippen LogP contribution in [0.15, 0.2) is 16.3 Å². The van der Waals surface area contributed by atoms with E-state index in [2.05, 4.69) is 48.3 Å². The molecule has 24 heavy (non-hydrogen) atoms. The third-order valence-corrected chi connectivity index (χ3v) is 5.72. The Morgan fingerprint density at radius 3 is 2.46 bits per heavy atom. The highest BCUT2D eigenvalue weighted by Crippen LogP contribution is 2.29. The molecule has 0 amide bonds. The SMILES string of the molecule is CCCCCCCN(CCc1cscn1)c1nc(C(C)(C)C)cs1. The first-order chi connectivity index (χ1) is 11.5. The van der Waals surface area contributed by atoms with Gasteiger partial charge in [-0.3, -0.25) is 0 Å². The molecule has 0 aliphatic rings. The van der Waals surface area contributed by atoms with E-state index in [4.69, 9.17) is 4.98 Å². The lowest BCUT2D eigenvalue weighted by Gasteiger charge is -2.22. The molecule has 0 saturated carbocycles. The predicted octanol–water partition coefficient (Wildman–Crippen LogP) is 5.92. The summed E-state index contributed by atoms with van der Waals surface area (Å²) in [4.78, 5) is 11.8. The molecule has 0 bridgehead atoms. The highest BCUT2D eigenvalue weighted by Gasteiger charge is 2.19. The second-order valence-corrected chi connectivity index (χ2v) is 8.95. The number of aromatic nitrogens is 2. The maximum atomic E-state index is 4.92. The molecular formula is C19H31N3S2. The van der Waals surface area contributed by atoms with Gasteiger partial charge in [0.25, 0.3) is 0 Å². The molecule has 2 aromatic rings. The van der Waals surface area contributed by atoms with Crippen LogP contribution < -0.4 is 4.90 Å². The minimum Gasteiger partial charge on any atom is -0.348 e. The Kier molecular flexibility index (Phi) is 7.69. The van der Waals surface area contributed by atoms with Gasteiger partial charge in [-0.1, -0.05) is 53.4 Å². The molecule has 0 spiro atoms. The lowest BCUT2D eigenvalue weighted by Crippen LogP contribution is -2.27. The van der Waals surface area contributed by atoms with Crippen LogP contribution in [0.3, 0.4) is 0 Å². The molecule has 5 heteroatoms. The Hall–Kier alpha value is -0.940. The number of hydrogen-bond donors (Lipinski definition) is 0. The topological polar surface area (TPSA) is 29.0 Å². The minimum absolute atomic E-state index is 0.121. The van der Waals surface area contributed by atoms with Crippen molar-refractivity contribution < 1.29 is 0 Å². The quantitative estimate of drug-likeness (QED) is 0.490. The molecule has 0 fully saturated rings. The van der Waals surface area contributed by atoms with Crippen molar-refractivity contribution in [3.8, 4) is 0 Å². The fraction of sp³-hybridized carbons (Fsp3) is 0.684. The van der Waals surface area contributed by atoms with E-state index >= 15 is 0 Å². The maximum absolute atomic E-state index is 4.92. The van der Waals surface area contributed by atoms with Crippen LogP contribution in [-0.4, -0.2) is 23.1 Å². The summed E-state index contributed by atoms with van der Waals surface area (Å²) < 4.78 is 0. The van der Waals surface area contributed by atoms with Gasteiger partial charge in [-0.25, -0.2) is 9.97 Å². The lowest BCUT2D eigenvalue weighted by molar-refractivity contribution is 0.570. The van der Waals surface area contributed by atoms with Crippen molar-refractivity contribution in [2.45, 2.75) is 71.6 Å². The van der Waals surface area contributed by atoms with Crippen molar-refractivity contribution in [2.75, 3.05) is 18.0 Å². The van der Waals surface area contributed by atoms with Crippen molar-refractivity contribution >= 4 is 27.8 Å². The Morgan fingerprint density at radius 2 is 1.83 bits per heavy atom. The summed E-state index contributed by atoms with van der Waals surface area (Å²) in [5.41, 5.74) is 4.44. The highest BCUT2D eigenvalue weighted by molar-refractivity contribution is 7.13. The van der Waals surface area contributed by atoms with Gasteiger partial charge >= 0.3 is 0 Å². The highest BCUT2D eigenvalue weighted by atomic mass is 32.1. The molecule has 0 unspecified atom stereocenters. The molecule has 2 rings (SSSR count). The van der Waals surface area contributed by atoms with Crippen LogP contribution in [-0.2, 0) is 11.8 Å². The van der Waals surface area contributed by atoms with E-state index in [9.17, 15) is 0 Å². The average molecular weight is 366 g/mol. The number of nitrogens with zero attached hydrogens (tertiary/aromatic N) is 3. The second-order valence-electron chi connectivity index (χ2n) is 7.40. The zero-order valence-electron chi connectivity index (χ0n) is 15.5. The third kappa shape index (κ3) is 6.17. The average Bonchev–Trinajstić information content (AvgIpc) is 3.20. The number of anilines is 1. The Balaban J connectivity index is 1.96. The largest absolute Gasteiger partial charge is 0.348 e. The van der Waals surface area contributed by atoms with Gasteiger partial charge < -0.3 is 4.90 Å². The molecule has 2 heterocycles. The molecule has 0 aromatic carbocycles. The van der Waals surface area contributed by atoms with Crippen molar-refractivity contribution in [1.29, 1.82) is 0 Å². The molecule has 0 aliphatic carbocycles. The minimum atomic E-state index is 0.121. The number of unbranched alkanes of at least 4 members (excludes halogenated alkanes) is 4. The second kappa shape index (κ2) is 9.52. The summed E-state index contributed by atoms with van der Waals surface area (Å²) in [6.07, 6.45) is 7.57. The van der Waals surface area contributed by atoms with E-state index in [-0.39, 0.29) is 5.41 Å². The predicted molar refractivity (Wildman–Crippen MR) is 108 cm³/mol. The molecule has 2 aromatic heterocycles. The molecule has 0 atom stereocenters. The van der Waals surface area contributed by atoms with Crippen LogP contribution >= 0.6 is 22.7 Å². The van der Waals surface area contributed by atoms with Gasteiger partial charge in [0.1, 0.15) is 0 Å². The van der Waals surface area contributed by atoms with Crippen LogP contribution in [0.25, 0.3) is 0 Å². The first-order valence-electron chi connectivity index (χ1n) is 9.08. The van der Waals surface area contributed by atoms with Crippen LogP contribution in [0.2, 0.25) is 0 Å². The summed E-state index contributed by atoms with van der Waals surface area (Å²) in [7, 11) is 0. The van der Waals surface area contributed by atoms with E-state index in [0.717, 1.165) is 19.5 Å². The fourth-order valence-corrected chi connectivity index (χ4v) is 4.27. The number of rotatable bonds is 10. The van der Waals surface area contributed by atoms with Gasteiger partial charge in [0.15, 0.2) is 5.13 Å². The molecule has 0 N–H and O–H groups in total. The fourth-order valence-electron chi connectivity index (χ4n) is 2.57. The van der Waals surface area contributed by atoms with E-state index < -0.39 is 0 Å². The molecule has 3 nitrogen and oxygen atoms in total. The van der Waals surface area contributed by atoms with Crippen molar-refractivity contribution in [2.24, 2.45) is 0 Å². The Morgan fingerprint density at radius 1 is 1.04 bits per heavy atom. The van der Waals surface area contributed by atoms with Crippen LogP contribution in [0.4, 0.5) is 5.13 Å². The Labute approximate surface area is 155 Å². The third-order valence-electron chi connectivity index (χ3n) is 4.18. The van der Waals surface area contributed by atoms with Gasteiger partial charge in [0, 0.05) is 35.7 Å². The Bertz CT molecular complexity index is 570. The van der Waals surface area contributed by atoms with Gasteiger partial charge in [-0.15, -0.1) is 22.7 Å². The lowest BCUT2D eigenvalue weighted by atomic mass is 9.93. The van der Waals surface area contributed by atoms with Crippen molar-refractivity contribution in [3.05, 3.63) is 27.7 Å². The molecule has 0 aliphatic heterocycles. The normalized spacial score (nSPS) is 11.8. The zero-order chi connectivity index (χ0) is 17.4. The van der Waals surface area contributed by atoms with E-state index in [1.54, 1.807) is 22.7 Å². The molecule has 0 radical (unpaired) electrons. The van der Waals surface area contributed by atoms with Crippen LogP contribution in [0.1, 0.15) is 71.2 Å². The van der Waals surface area contributed by atoms with Gasteiger partial charge in [0.05, 0.1) is 16.9 Å². The summed E-state index contributed by atoms with van der Waals surface area (Å²) in [6, 6.07) is 0. The summed E-state index contributed by atoms with van der Waals surface area (Å²) in [5, 5.41) is 5.55. The molecular weight excluding hydrogens is 334 g/mol. The zero-order valence-corrected chi connectivity index (χ0v) is 17.2. The molecule has 134 valence electrons. The summed E-state index contributed by atoms with van der Waals surface area (Å²) in [6.45, 7) is 11.1. The van der Waals surface area contributed by atoms with Gasteiger partial charge in [-0.2, -0.15) is 0 Å². The van der Waals surface area contributed by atoms with Crippen LogP contribution in [0, 0.1) is 0 Å². The smallest absolute Gasteiger partial charge is 0.185 e. The van der Waals surface area contributed by atoms with Gasteiger partial charge in [-0.05, 0) is 6.42 Å². The van der Waals surface area contributed by atoms with Crippen molar-refractivity contribution in [1.82, 2.24) is 9.97 Å². The first-order valence-corrected chi connectivity index (χ1v) is 10.9. The number of thiazole rings is 2.